The van der Waals surface area contributed by atoms with Gasteiger partial charge in [-0.1, -0.05) is 0 Å². The van der Waals surface area contributed by atoms with E-state index in [0.717, 1.165) is 6.92 Å². The Balaban J connectivity index is -0.0000000450. The van der Waals surface area contributed by atoms with E-state index in [4.69, 9.17) is 9.90 Å². The van der Waals surface area contributed by atoms with Crippen LogP contribution < -0.4 is 0 Å². The molecule has 40 valence electrons. The average molecular weight is 262 g/mol. The third-order valence-corrected chi connectivity index (χ3v) is 0. The van der Waals surface area contributed by atoms with E-state index in [9.17, 15) is 0 Å². The second-order valence-electron chi connectivity index (χ2n) is 0.519. The number of carboxylic acid groups (broad SMARTS) is 1. The molecule has 0 rings (SSSR count). The maximum atomic E-state index is 9.00. The fraction of sp³-hybridized carbons (Fsp3) is 0.500. The van der Waals surface area contributed by atoms with Crippen LogP contribution >= 0.6 is 0 Å². The van der Waals surface area contributed by atoms with Crippen LogP contribution in [0.25, 0.3) is 0 Å². The molecule has 0 aromatic rings. The van der Waals surface area contributed by atoms with Crippen LogP contribution in [-0.4, -0.2) is 11.1 Å². The van der Waals surface area contributed by atoms with E-state index in [-0.39, 0.29) is 39.0 Å². The van der Waals surface area contributed by atoms with Gasteiger partial charge in [0.25, 0.3) is 5.97 Å². The summed E-state index contributed by atoms with van der Waals surface area (Å²) in [5.74, 6) is -0.833. The molecule has 0 amide bonds. The number of carboxylic acids is 1. The molecule has 4 heteroatoms. The molecule has 6 heavy (non-hydrogen) atoms. The Morgan fingerprint density at radius 2 is 1.50 bits per heavy atom. The molecule has 0 aliphatic carbocycles. The molecule has 0 unspecified atom stereocenters. The fourth-order valence-corrected chi connectivity index (χ4v) is 0. The third-order valence-electron chi connectivity index (χ3n) is 0. The Morgan fingerprint density at radius 1 is 1.50 bits per heavy atom. The topological polar surface area (TPSA) is 37.3 Å². The van der Waals surface area contributed by atoms with Gasteiger partial charge in [0, 0.05) is 45.9 Å². The van der Waals surface area contributed by atoms with Crippen LogP contribution in [0.3, 0.4) is 0 Å². The first kappa shape index (κ1) is 15.9. The molecule has 0 fully saturated rings. The van der Waals surface area contributed by atoms with Gasteiger partial charge in [-0.15, -0.1) is 0 Å². The number of aliphatic carboxylic acids is 1. The molecule has 0 spiro atoms. The van der Waals surface area contributed by atoms with E-state index >= 15 is 0 Å². The molecule has 0 atom stereocenters. The van der Waals surface area contributed by atoms with Crippen molar-refractivity contribution in [2.24, 2.45) is 0 Å². The first-order valence-electron chi connectivity index (χ1n) is 0.928. The number of hydrogen-bond acceptors (Lipinski definition) is 1. The third kappa shape index (κ3) is 127. The first-order chi connectivity index (χ1) is 1.73. The van der Waals surface area contributed by atoms with Crippen LogP contribution in [0.4, 0.5) is 0 Å². The monoisotopic (exact) mass is 264 g/mol. The Labute approximate surface area is 61.8 Å². The van der Waals surface area contributed by atoms with Gasteiger partial charge in [-0.25, -0.2) is 0 Å². The van der Waals surface area contributed by atoms with Crippen molar-refractivity contribution in [1.82, 2.24) is 0 Å². The van der Waals surface area contributed by atoms with Crippen molar-refractivity contribution in [3.8, 4) is 0 Å². The quantitative estimate of drug-likeness (QED) is 0.628. The number of carbonyl (C=O) groups is 1. The average Bonchev–Trinajstić information content (AvgIpc) is 0.811. The van der Waals surface area contributed by atoms with Crippen LogP contribution in [0.1, 0.15) is 6.92 Å². The van der Waals surface area contributed by atoms with E-state index in [0.29, 0.717) is 0 Å². The predicted molar refractivity (Wildman–Crippen MR) is 13.3 cm³/mol. The van der Waals surface area contributed by atoms with Gasteiger partial charge in [-0.05, 0) is 0 Å². The maximum Gasteiger partial charge on any atom is 0.300 e. The Morgan fingerprint density at radius 3 is 1.50 bits per heavy atom. The molecule has 0 aromatic heterocycles. The SMILES string of the molecule is CC(=O)O.[Ru].[Ru]. The zero-order valence-electron chi connectivity index (χ0n) is 3.06. The molecule has 0 heterocycles. The molecular formula is C2H4O2Ru2. The van der Waals surface area contributed by atoms with Gasteiger partial charge in [0.2, 0.25) is 0 Å². The molecule has 0 bridgehead atoms. The summed E-state index contributed by atoms with van der Waals surface area (Å²) in [4.78, 5) is 9.00. The summed E-state index contributed by atoms with van der Waals surface area (Å²) in [7, 11) is 0. The van der Waals surface area contributed by atoms with Gasteiger partial charge < -0.3 is 5.11 Å². The van der Waals surface area contributed by atoms with Crippen LogP contribution in [0.15, 0.2) is 0 Å². The zero-order valence-corrected chi connectivity index (χ0v) is 6.54. The van der Waals surface area contributed by atoms with Gasteiger partial charge >= 0.3 is 0 Å². The van der Waals surface area contributed by atoms with Crippen molar-refractivity contribution in [3.63, 3.8) is 0 Å². The molecule has 0 saturated carbocycles. The van der Waals surface area contributed by atoms with Crippen LogP contribution in [-0.2, 0) is 43.8 Å². The second-order valence-corrected chi connectivity index (χ2v) is 0.519. The summed E-state index contributed by atoms with van der Waals surface area (Å²) >= 11 is 0. The van der Waals surface area contributed by atoms with Crippen LogP contribution in [0.2, 0.25) is 0 Å². The standard InChI is InChI=1S/C2H4O2.2Ru/c1-2(3)4;;/h1H3,(H,3,4);;. The molecule has 0 saturated heterocycles. The second kappa shape index (κ2) is 9.21. The van der Waals surface area contributed by atoms with Crippen molar-refractivity contribution in [2.45, 2.75) is 6.92 Å². The van der Waals surface area contributed by atoms with Crippen LogP contribution in [0.5, 0.6) is 0 Å². The van der Waals surface area contributed by atoms with E-state index < -0.39 is 5.97 Å². The van der Waals surface area contributed by atoms with Gasteiger partial charge in [-0.3, -0.25) is 4.79 Å². The summed E-state index contributed by atoms with van der Waals surface area (Å²) < 4.78 is 0. The Kier molecular flexibility index (Phi) is 24.4. The van der Waals surface area contributed by atoms with Gasteiger partial charge in [0.05, 0.1) is 0 Å². The predicted octanol–water partition coefficient (Wildman–Crippen LogP) is 0.0859. The molecule has 0 radical (unpaired) electrons. The van der Waals surface area contributed by atoms with Gasteiger partial charge in [0.1, 0.15) is 0 Å². The first-order valence-corrected chi connectivity index (χ1v) is 0.928. The molecular weight excluding hydrogens is 258 g/mol. The van der Waals surface area contributed by atoms with Crippen molar-refractivity contribution in [1.29, 1.82) is 0 Å². The minimum atomic E-state index is -0.833. The summed E-state index contributed by atoms with van der Waals surface area (Å²) in [6.07, 6.45) is 0. The minimum absolute atomic E-state index is 0. The summed E-state index contributed by atoms with van der Waals surface area (Å²) in [6, 6.07) is 0. The minimum Gasteiger partial charge on any atom is -0.481 e. The summed E-state index contributed by atoms with van der Waals surface area (Å²) in [5.41, 5.74) is 0. The van der Waals surface area contributed by atoms with Crippen molar-refractivity contribution in [2.75, 3.05) is 0 Å². The Hall–Kier alpha value is 0.717. The van der Waals surface area contributed by atoms with E-state index in [2.05, 4.69) is 0 Å². The van der Waals surface area contributed by atoms with Crippen molar-refractivity contribution >= 4 is 5.97 Å². The molecule has 0 aromatic carbocycles. The smallest absolute Gasteiger partial charge is 0.300 e. The van der Waals surface area contributed by atoms with E-state index in [1.54, 1.807) is 0 Å². The molecule has 0 aliphatic heterocycles. The molecule has 2 nitrogen and oxygen atoms in total. The normalized spacial score (nSPS) is 4.17. The Bertz CT molecular complexity index is 32.5. The summed E-state index contributed by atoms with van der Waals surface area (Å²) in [5, 5.41) is 7.42. The summed E-state index contributed by atoms with van der Waals surface area (Å²) in [6.45, 7) is 1.08. The fourth-order valence-electron chi connectivity index (χ4n) is 0. The van der Waals surface area contributed by atoms with Gasteiger partial charge in [-0.2, -0.15) is 0 Å². The zero-order chi connectivity index (χ0) is 3.58. The van der Waals surface area contributed by atoms with Gasteiger partial charge in [0.15, 0.2) is 0 Å². The van der Waals surface area contributed by atoms with Crippen molar-refractivity contribution < 1.29 is 48.9 Å². The van der Waals surface area contributed by atoms with E-state index in [1.807, 2.05) is 0 Å². The molecule has 0 aliphatic rings. The van der Waals surface area contributed by atoms with Crippen molar-refractivity contribution in [3.05, 3.63) is 0 Å². The number of rotatable bonds is 0. The van der Waals surface area contributed by atoms with Crippen LogP contribution in [0, 0.1) is 0 Å². The molecule has 1 N–H and O–H groups in total. The number of hydrogen-bond donors (Lipinski definition) is 1. The van der Waals surface area contributed by atoms with E-state index in [1.165, 1.54) is 0 Å². The largest absolute Gasteiger partial charge is 0.481 e. The maximum absolute atomic E-state index is 9.00.